The first-order chi connectivity index (χ1) is 12.8. The highest BCUT2D eigenvalue weighted by atomic mass is 32.2. The lowest BCUT2D eigenvalue weighted by atomic mass is 10.1. The van der Waals surface area contributed by atoms with Gasteiger partial charge in [0, 0.05) is 43.9 Å². The van der Waals surface area contributed by atoms with Crippen molar-refractivity contribution in [3.63, 3.8) is 0 Å². The monoisotopic (exact) mass is 390 g/mol. The Morgan fingerprint density at radius 2 is 2.04 bits per heavy atom. The molecule has 0 aliphatic carbocycles. The Hall–Kier alpha value is -2.25. The van der Waals surface area contributed by atoms with Crippen molar-refractivity contribution in [1.82, 2.24) is 4.72 Å². The van der Waals surface area contributed by atoms with Gasteiger partial charge in [-0.25, -0.2) is 13.1 Å². The zero-order valence-corrected chi connectivity index (χ0v) is 17.0. The van der Waals surface area contributed by atoms with Crippen LogP contribution in [0.25, 0.3) is 0 Å². The van der Waals surface area contributed by atoms with Crippen LogP contribution >= 0.6 is 0 Å². The Balaban J connectivity index is 1.83. The molecule has 0 radical (unpaired) electrons. The van der Waals surface area contributed by atoms with E-state index in [9.17, 15) is 8.42 Å². The predicted molar refractivity (Wildman–Crippen MR) is 106 cm³/mol. The van der Waals surface area contributed by atoms with Crippen molar-refractivity contribution in [2.45, 2.75) is 37.8 Å². The van der Waals surface area contributed by atoms with E-state index in [2.05, 4.69) is 4.72 Å². The second-order valence-corrected chi connectivity index (χ2v) is 8.62. The number of fused-ring (bicyclic) bond motifs is 1. The van der Waals surface area contributed by atoms with Gasteiger partial charge in [-0.15, -0.1) is 0 Å². The molecule has 1 aliphatic heterocycles. The summed E-state index contributed by atoms with van der Waals surface area (Å²) < 4.78 is 39.7. The molecule has 0 saturated carbocycles. The smallest absolute Gasteiger partial charge is 0.240 e. The number of rotatable bonds is 7. The first-order valence-electron chi connectivity index (χ1n) is 9.02. The molecule has 1 aliphatic rings. The summed E-state index contributed by atoms with van der Waals surface area (Å²) >= 11 is 0. The van der Waals surface area contributed by atoms with E-state index in [4.69, 9.17) is 9.47 Å². The van der Waals surface area contributed by atoms with Crippen molar-refractivity contribution in [1.29, 1.82) is 0 Å². The van der Waals surface area contributed by atoms with E-state index in [0.29, 0.717) is 12.4 Å². The van der Waals surface area contributed by atoms with Gasteiger partial charge in [0.1, 0.15) is 17.6 Å². The van der Waals surface area contributed by atoms with Crippen molar-refractivity contribution < 1.29 is 17.9 Å². The number of nitrogens with zero attached hydrogens (tertiary/aromatic N) is 1. The van der Waals surface area contributed by atoms with Crippen LogP contribution in [0.2, 0.25) is 0 Å². The van der Waals surface area contributed by atoms with Gasteiger partial charge in [0.15, 0.2) is 0 Å². The molecule has 0 spiro atoms. The minimum absolute atomic E-state index is 0.121. The molecule has 0 fully saturated rings. The molecule has 7 heteroatoms. The van der Waals surface area contributed by atoms with Crippen LogP contribution < -0.4 is 19.1 Å². The summed E-state index contributed by atoms with van der Waals surface area (Å²) in [6, 6.07) is 10.7. The first-order valence-corrected chi connectivity index (χ1v) is 10.5. The van der Waals surface area contributed by atoms with Gasteiger partial charge in [0.25, 0.3) is 0 Å². The number of anilines is 1. The molecule has 0 amide bonds. The highest BCUT2D eigenvalue weighted by Crippen LogP contribution is 2.35. The average Bonchev–Trinajstić information content (AvgIpc) is 2.99. The largest absolute Gasteiger partial charge is 0.494 e. The van der Waals surface area contributed by atoms with Gasteiger partial charge in [-0.05, 0) is 44.2 Å². The molecule has 2 aromatic rings. The third-order valence-electron chi connectivity index (χ3n) is 4.48. The summed E-state index contributed by atoms with van der Waals surface area (Å²) in [5, 5.41) is 0. The number of nitrogens with one attached hydrogen (secondary N) is 1. The number of hydrogen-bond donors (Lipinski definition) is 1. The van der Waals surface area contributed by atoms with Crippen molar-refractivity contribution in [3.8, 4) is 11.5 Å². The third kappa shape index (κ3) is 4.36. The standard InChI is InChI=1S/C20H26N2O4S/c1-5-25-19-10-15-9-14(2)26-20(15)11-16(19)13-21-27(23,24)18-8-6-7-17(12-18)22(3)4/h6-8,10-12,14,21H,5,9,13H2,1-4H3. The molecule has 2 aromatic carbocycles. The highest BCUT2D eigenvalue weighted by molar-refractivity contribution is 7.89. The topological polar surface area (TPSA) is 67.9 Å². The molecular formula is C20H26N2O4S. The molecular weight excluding hydrogens is 364 g/mol. The van der Waals surface area contributed by atoms with Crippen LogP contribution in [0.4, 0.5) is 5.69 Å². The quantitative estimate of drug-likeness (QED) is 0.787. The molecule has 0 bridgehead atoms. The maximum atomic E-state index is 12.7. The predicted octanol–water partition coefficient (Wildman–Crippen LogP) is 2.95. The second kappa shape index (κ2) is 7.78. The molecule has 0 aromatic heterocycles. The number of benzene rings is 2. The van der Waals surface area contributed by atoms with Crippen LogP contribution in [-0.2, 0) is 23.0 Å². The van der Waals surface area contributed by atoms with Gasteiger partial charge < -0.3 is 14.4 Å². The minimum atomic E-state index is -3.64. The van der Waals surface area contributed by atoms with E-state index in [1.165, 1.54) is 0 Å². The second-order valence-electron chi connectivity index (χ2n) is 6.85. The van der Waals surface area contributed by atoms with Crippen LogP contribution in [0.3, 0.4) is 0 Å². The third-order valence-corrected chi connectivity index (χ3v) is 5.87. The molecule has 1 N–H and O–H groups in total. The lowest BCUT2D eigenvalue weighted by Gasteiger charge is -2.15. The van der Waals surface area contributed by atoms with Crippen LogP contribution in [0.1, 0.15) is 25.0 Å². The Labute approximate surface area is 161 Å². The Morgan fingerprint density at radius 1 is 1.26 bits per heavy atom. The van der Waals surface area contributed by atoms with Crippen LogP contribution in [0, 0.1) is 0 Å². The fraction of sp³-hybridized carbons (Fsp3) is 0.400. The maximum Gasteiger partial charge on any atom is 0.240 e. The van der Waals surface area contributed by atoms with E-state index in [-0.39, 0.29) is 17.5 Å². The van der Waals surface area contributed by atoms with Gasteiger partial charge in [0.05, 0.1) is 11.5 Å². The zero-order chi connectivity index (χ0) is 19.6. The Kier molecular flexibility index (Phi) is 5.62. The molecule has 0 saturated heterocycles. The lowest BCUT2D eigenvalue weighted by molar-refractivity contribution is 0.254. The van der Waals surface area contributed by atoms with Crippen LogP contribution in [0.15, 0.2) is 41.3 Å². The summed E-state index contributed by atoms with van der Waals surface area (Å²) in [6.45, 7) is 4.57. The number of hydrogen-bond acceptors (Lipinski definition) is 5. The van der Waals surface area contributed by atoms with E-state index in [0.717, 1.165) is 29.0 Å². The van der Waals surface area contributed by atoms with Crippen molar-refractivity contribution >= 4 is 15.7 Å². The van der Waals surface area contributed by atoms with Crippen molar-refractivity contribution in [3.05, 3.63) is 47.5 Å². The van der Waals surface area contributed by atoms with Gasteiger partial charge in [-0.2, -0.15) is 0 Å². The molecule has 3 rings (SSSR count). The Bertz CT molecular complexity index is 926. The average molecular weight is 391 g/mol. The normalized spacial score (nSPS) is 15.9. The fourth-order valence-electron chi connectivity index (χ4n) is 3.09. The highest BCUT2D eigenvalue weighted by Gasteiger charge is 2.23. The Morgan fingerprint density at radius 3 is 2.74 bits per heavy atom. The van der Waals surface area contributed by atoms with Crippen molar-refractivity contribution in [2.24, 2.45) is 0 Å². The van der Waals surface area contributed by atoms with Crippen LogP contribution in [0.5, 0.6) is 11.5 Å². The van der Waals surface area contributed by atoms with E-state index < -0.39 is 10.0 Å². The molecule has 146 valence electrons. The van der Waals surface area contributed by atoms with E-state index in [1.807, 2.05) is 51.0 Å². The van der Waals surface area contributed by atoms with E-state index in [1.54, 1.807) is 18.2 Å². The zero-order valence-electron chi connectivity index (χ0n) is 16.2. The van der Waals surface area contributed by atoms with Crippen molar-refractivity contribution in [2.75, 3.05) is 25.6 Å². The van der Waals surface area contributed by atoms with E-state index >= 15 is 0 Å². The SMILES string of the molecule is CCOc1cc2c(cc1CNS(=O)(=O)c1cccc(N(C)C)c1)OC(C)C2. The summed E-state index contributed by atoms with van der Waals surface area (Å²) in [5.74, 6) is 1.49. The molecule has 1 atom stereocenters. The van der Waals surface area contributed by atoms with Crippen LogP contribution in [-0.4, -0.2) is 35.2 Å². The van der Waals surface area contributed by atoms with Gasteiger partial charge in [0.2, 0.25) is 10.0 Å². The fourth-order valence-corrected chi connectivity index (χ4v) is 4.14. The van der Waals surface area contributed by atoms with Gasteiger partial charge in [-0.1, -0.05) is 6.07 Å². The molecule has 27 heavy (non-hydrogen) atoms. The summed E-state index contributed by atoms with van der Waals surface area (Å²) in [7, 11) is 0.104. The maximum absolute atomic E-state index is 12.7. The molecule has 6 nitrogen and oxygen atoms in total. The summed E-state index contributed by atoms with van der Waals surface area (Å²) in [6.07, 6.45) is 0.953. The van der Waals surface area contributed by atoms with Gasteiger partial charge in [-0.3, -0.25) is 0 Å². The molecule has 1 unspecified atom stereocenters. The summed E-state index contributed by atoms with van der Waals surface area (Å²) in [4.78, 5) is 2.10. The number of ether oxygens (including phenoxy) is 2. The lowest BCUT2D eigenvalue weighted by Crippen LogP contribution is -2.24. The first kappa shape index (κ1) is 19.5. The molecule has 1 heterocycles. The van der Waals surface area contributed by atoms with Gasteiger partial charge >= 0.3 is 0 Å². The number of sulfonamides is 1. The minimum Gasteiger partial charge on any atom is -0.494 e. The summed E-state index contributed by atoms with van der Waals surface area (Å²) in [5.41, 5.74) is 2.68.